The molecule has 0 atom stereocenters. The van der Waals surface area contributed by atoms with Crippen molar-refractivity contribution in [3.8, 4) is 17.5 Å². The van der Waals surface area contributed by atoms with Gasteiger partial charge in [-0.2, -0.15) is 5.26 Å². The fourth-order valence-electron chi connectivity index (χ4n) is 4.56. The van der Waals surface area contributed by atoms with E-state index in [1.807, 2.05) is 69.0 Å². The van der Waals surface area contributed by atoms with Crippen LogP contribution >= 0.6 is 0 Å². The minimum Gasteiger partial charge on any atom is -0.343 e. The molecule has 1 aromatic heterocycles. The molecule has 4 rings (SSSR count). The Morgan fingerprint density at radius 2 is 1.69 bits per heavy atom. The zero-order valence-corrected chi connectivity index (χ0v) is 22.1. The van der Waals surface area contributed by atoms with Crippen molar-refractivity contribution in [1.29, 1.82) is 5.26 Å². The molecule has 0 radical (unpaired) electrons. The fourth-order valence-corrected chi connectivity index (χ4v) is 4.56. The van der Waals surface area contributed by atoms with Gasteiger partial charge in [0.05, 0.1) is 17.8 Å². The zero-order valence-electron chi connectivity index (χ0n) is 22.1. The van der Waals surface area contributed by atoms with Crippen molar-refractivity contribution < 1.29 is 9.59 Å². The minimum absolute atomic E-state index is 0.0215. The Hall–Kier alpha value is -3.92. The molecule has 0 saturated carbocycles. The molecule has 1 saturated heterocycles. The van der Waals surface area contributed by atoms with E-state index in [1.54, 1.807) is 14.1 Å². The average molecular weight is 486 g/mol. The first kappa shape index (κ1) is 26.7. The summed E-state index contributed by atoms with van der Waals surface area (Å²) in [6.07, 6.45) is 3.32. The number of nitrogens with one attached hydrogen (secondary N) is 1. The number of likely N-dealkylation sites (tertiary alicyclic amines) is 1. The maximum atomic E-state index is 13.4. The summed E-state index contributed by atoms with van der Waals surface area (Å²) < 4.78 is 0. The molecule has 1 fully saturated rings. The van der Waals surface area contributed by atoms with E-state index < -0.39 is 0 Å². The van der Waals surface area contributed by atoms with Crippen molar-refractivity contribution in [1.82, 2.24) is 19.8 Å². The molecule has 0 aliphatic carbocycles. The monoisotopic (exact) mass is 485 g/mol. The molecular formula is C29H35N5O2. The lowest BCUT2D eigenvalue weighted by atomic mass is 9.88. The number of amides is 2. The molecular weight excluding hydrogens is 450 g/mol. The molecule has 1 aliphatic heterocycles. The molecule has 3 aromatic rings. The second kappa shape index (κ2) is 11.7. The fraction of sp³-hybridized carbons (Fsp3) is 0.379. The normalized spacial score (nSPS) is 13.4. The Labute approximate surface area is 213 Å². The van der Waals surface area contributed by atoms with Gasteiger partial charge in [-0.25, -0.2) is 4.98 Å². The summed E-state index contributed by atoms with van der Waals surface area (Å²) in [7, 11) is 3.39. The van der Waals surface area contributed by atoms with Crippen LogP contribution in [0.25, 0.3) is 11.4 Å². The van der Waals surface area contributed by atoms with Gasteiger partial charge in [-0.3, -0.25) is 9.59 Å². The summed E-state index contributed by atoms with van der Waals surface area (Å²) in [6, 6.07) is 13.8. The molecule has 36 heavy (non-hydrogen) atoms. The number of carbonyl (C=O) groups is 2. The van der Waals surface area contributed by atoms with E-state index in [2.05, 4.69) is 16.0 Å². The van der Waals surface area contributed by atoms with Gasteiger partial charge in [0.2, 0.25) is 0 Å². The number of hydrogen-bond donors (Lipinski definition) is 1. The lowest BCUT2D eigenvalue weighted by molar-refractivity contribution is 0.0712. The summed E-state index contributed by atoms with van der Waals surface area (Å²) in [4.78, 5) is 36.6. The molecule has 0 spiro atoms. The van der Waals surface area contributed by atoms with Crippen LogP contribution in [0.15, 0.2) is 42.6 Å². The van der Waals surface area contributed by atoms with E-state index in [0.29, 0.717) is 41.7 Å². The lowest BCUT2D eigenvalue weighted by Gasteiger charge is -2.32. The quantitative estimate of drug-likeness (QED) is 0.542. The van der Waals surface area contributed by atoms with Crippen LogP contribution in [0.3, 0.4) is 0 Å². The lowest BCUT2D eigenvalue weighted by Crippen LogP contribution is -2.38. The van der Waals surface area contributed by atoms with E-state index in [1.165, 1.54) is 16.7 Å². The van der Waals surface area contributed by atoms with Crippen molar-refractivity contribution in [3.63, 3.8) is 0 Å². The van der Waals surface area contributed by atoms with Crippen LogP contribution in [0.4, 0.5) is 0 Å². The molecule has 7 nitrogen and oxygen atoms in total. The molecule has 188 valence electrons. The van der Waals surface area contributed by atoms with Gasteiger partial charge in [-0.1, -0.05) is 32.0 Å². The molecule has 7 heteroatoms. The second-order valence-corrected chi connectivity index (χ2v) is 9.13. The Balaban J connectivity index is 0.00000176. The van der Waals surface area contributed by atoms with E-state index in [9.17, 15) is 9.59 Å². The van der Waals surface area contributed by atoms with Crippen molar-refractivity contribution in [2.45, 2.75) is 46.5 Å². The average Bonchev–Trinajstić information content (AvgIpc) is 3.39. The number of imidazole rings is 1. The number of H-pyrrole nitrogens is 1. The zero-order chi connectivity index (χ0) is 26.4. The Bertz CT molecular complexity index is 1260. The summed E-state index contributed by atoms with van der Waals surface area (Å²) in [5.74, 6) is 0.844. The van der Waals surface area contributed by atoms with Crippen molar-refractivity contribution in [2.24, 2.45) is 0 Å². The predicted molar refractivity (Wildman–Crippen MR) is 142 cm³/mol. The SMILES string of the molecule is CC.Cc1cc(C)c(-c2ncc(C(=O)N(C)C)[nH]2)cc1C(=O)N1CCC(c2ccc(C#N)cc2)CC1. The highest BCUT2D eigenvalue weighted by Crippen LogP contribution is 2.30. The number of aromatic amines is 1. The Morgan fingerprint density at radius 1 is 1.06 bits per heavy atom. The van der Waals surface area contributed by atoms with E-state index in [0.717, 1.165) is 29.5 Å². The molecule has 0 unspecified atom stereocenters. The van der Waals surface area contributed by atoms with Gasteiger partial charge in [-0.15, -0.1) is 0 Å². The number of rotatable bonds is 4. The van der Waals surface area contributed by atoms with Gasteiger partial charge in [0.25, 0.3) is 11.8 Å². The highest BCUT2D eigenvalue weighted by atomic mass is 16.2. The van der Waals surface area contributed by atoms with Gasteiger partial charge in [0.1, 0.15) is 11.5 Å². The van der Waals surface area contributed by atoms with Crippen molar-refractivity contribution >= 4 is 11.8 Å². The van der Waals surface area contributed by atoms with Crippen LogP contribution < -0.4 is 0 Å². The number of carbonyl (C=O) groups excluding carboxylic acids is 2. The maximum absolute atomic E-state index is 13.4. The van der Waals surface area contributed by atoms with Gasteiger partial charge < -0.3 is 14.8 Å². The second-order valence-electron chi connectivity index (χ2n) is 9.13. The topological polar surface area (TPSA) is 93.1 Å². The molecule has 2 aromatic carbocycles. The summed E-state index contributed by atoms with van der Waals surface area (Å²) in [5.41, 5.74) is 5.70. The van der Waals surface area contributed by atoms with E-state index in [-0.39, 0.29) is 11.8 Å². The number of piperidine rings is 1. The number of aromatic nitrogens is 2. The third kappa shape index (κ3) is 5.65. The molecule has 1 aliphatic rings. The third-order valence-corrected chi connectivity index (χ3v) is 6.56. The largest absolute Gasteiger partial charge is 0.343 e. The number of nitrogens with zero attached hydrogens (tertiary/aromatic N) is 4. The van der Waals surface area contributed by atoms with Crippen LogP contribution in [0, 0.1) is 25.2 Å². The number of aryl methyl sites for hydroxylation is 2. The number of hydrogen-bond acceptors (Lipinski definition) is 4. The smallest absolute Gasteiger partial charge is 0.271 e. The highest BCUT2D eigenvalue weighted by molar-refractivity contribution is 5.97. The van der Waals surface area contributed by atoms with Crippen LogP contribution in [-0.2, 0) is 0 Å². The Morgan fingerprint density at radius 3 is 2.28 bits per heavy atom. The van der Waals surface area contributed by atoms with E-state index >= 15 is 0 Å². The molecule has 2 amide bonds. The third-order valence-electron chi connectivity index (χ3n) is 6.56. The Kier molecular flexibility index (Phi) is 8.65. The maximum Gasteiger partial charge on any atom is 0.271 e. The molecule has 2 heterocycles. The summed E-state index contributed by atoms with van der Waals surface area (Å²) in [6.45, 7) is 9.31. The van der Waals surface area contributed by atoms with Crippen molar-refractivity contribution in [3.05, 3.63) is 76.1 Å². The van der Waals surface area contributed by atoms with Crippen LogP contribution in [-0.4, -0.2) is 58.8 Å². The molecule has 0 bridgehead atoms. The van der Waals surface area contributed by atoms with Gasteiger partial charge in [-0.05, 0) is 67.5 Å². The summed E-state index contributed by atoms with van der Waals surface area (Å²) in [5, 5.41) is 9.01. The first-order valence-electron chi connectivity index (χ1n) is 12.5. The van der Waals surface area contributed by atoms with Gasteiger partial charge in [0.15, 0.2) is 0 Å². The highest BCUT2D eigenvalue weighted by Gasteiger charge is 2.26. The first-order chi connectivity index (χ1) is 17.3. The summed E-state index contributed by atoms with van der Waals surface area (Å²) >= 11 is 0. The first-order valence-corrected chi connectivity index (χ1v) is 12.5. The minimum atomic E-state index is -0.148. The van der Waals surface area contributed by atoms with Crippen molar-refractivity contribution in [2.75, 3.05) is 27.2 Å². The predicted octanol–water partition coefficient (Wildman–Crippen LogP) is 5.31. The number of nitriles is 1. The van der Waals surface area contributed by atoms with Crippen LogP contribution in [0.2, 0.25) is 0 Å². The van der Waals surface area contributed by atoms with Crippen LogP contribution in [0.1, 0.15) is 75.7 Å². The van der Waals surface area contributed by atoms with Gasteiger partial charge >= 0.3 is 0 Å². The van der Waals surface area contributed by atoms with Gasteiger partial charge in [0, 0.05) is 38.3 Å². The molecule has 1 N–H and O–H groups in total. The standard InChI is InChI=1S/C27H29N5O2.C2H6/c1-17-13-18(2)23(14-22(17)25-29-16-24(30-25)27(34)31(3)4)26(33)32-11-9-21(10-12-32)20-7-5-19(15-28)6-8-20;1-2/h5-8,13-14,16,21H,9-12H2,1-4H3,(H,29,30);1-2H3. The van der Waals surface area contributed by atoms with E-state index in [4.69, 9.17) is 5.26 Å². The van der Waals surface area contributed by atoms with Crippen LogP contribution in [0.5, 0.6) is 0 Å². The number of benzene rings is 2.